The summed E-state index contributed by atoms with van der Waals surface area (Å²) >= 11 is 0. The molecule has 0 saturated carbocycles. The molecular weight excluding hydrogens is 226 g/mol. The Morgan fingerprint density at radius 3 is 2.78 bits per heavy atom. The van der Waals surface area contributed by atoms with Gasteiger partial charge in [-0.05, 0) is 24.3 Å². The molecule has 1 aromatic heterocycles. The van der Waals surface area contributed by atoms with Crippen molar-refractivity contribution in [3.05, 3.63) is 18.0 Å². The van der Waals surface area contributed by atoms with E-state index in [9.17, 15) is 0 Å². The predicted octanol–water partition coefficient (Wildman–Crippen LogP) is 1.17. The first-order valence-electron chi connectivity index (χ1n) is 6.54. The topological polar surface area (TPSA) is 54.2 Å². The summed E-state index contributed by atoms with van der Waals surface area (Å²) in [5, 5.41) is 10.8. The van der Waals surface area contributed by atoms with Gasteiger partial charge in [-0.15, -0.1) is 0 Å². The van der Waals surface area contributed by atoms with Crippen molar-refractivity contribution in [2.45, 2.75) is 26.7 Å². The summed E-state index contributed by atoms with van der Waals surface area (Å²) in [6.45, 7) is 6.24. The fourth-order valence-corrected chi connectivity index (χ4v) is 1.62. The van der Waals surface area contributed by atoms with Gasteiger partial charge >= 0.3 is 0 Å². The molecule has 0 amide bonds. The fourth-order valence-electron chi connectivity index (χ4n) is 1.62. The Kier molecular flexibility index (Phi) is 6.25. The van der Waals surface area contributed by atoms with Gasteiger partial charge in [0.1, 0.15) is 0 Å². The van der Waals surface area contributed by atoms with Crippen LogP contribution in [0.2, 0.25) is 0 Å². The minimum Gasteiger partial charge on any atom is -0.356 e. The summed E-state index contributed by atoms with van der Waals surface area (Å²) in [5.41, 5.74) is 1.28. The Morgan fingerprint density at radius 1 is 1.44 bits per heavy atom. The van der Waals surface area contributed by atoms with E-state index in [-0.39, 0.29) is 0 Å². The second-order valence-corrected chi connectivity index (χ2v) is 4.90. The van der Waals surface area contributed by atoms with Crippen LogP contribution in [0.1, 0.15) is 25.8 Å². The number of aromatic nitrogens is 2. The molecule has 0 aliphatic rings. The molecule has 0 unspecified atom stereocenters. The van der Waals surface area contributed by atoms with Crippen molar-refractivity contribution in [1.29, 1.82) is 0 Å². The molecule has 0 atom stereocenters. The molecule has 5 heteroatoms. The third kappa shape index (κ3) is 5.70. The smallest absolute Gasteiger partial charge is 0.190 e. The highest BCUT2D eigenvalue weighted by atomic mass is 15.2. The van der Waals surface area contributed by atoms with Crippen molar-refractivity contribution in [1.82, 2.24) is 20.4 Å². The molecule has 0 fully saturated rings. The number of rotatable bonds is 6. The Hall–Kier alpha value is -1.52. The van der Waals surface area contributed by atoms with E-state index in [1.807, 2.05) is 17.9 Å². The zero-order valence-corrected chi connectivity index (χ0v) is 11.9. The first kappa shape index (κ1) is 14.5. The maximum atomic E-state index is 4.19. The van der Waals surface area contributed by atoms with E-state index in [4.69, 9.17) is 0 Å². The fraction of sp³-hybridized carbons (Fsp3) is 0.692. The highest BCUT2D eigenvalue weighted by Crippen LogP contribution is 1.99. The van der Waals surface area contributed by atoms with Crippen LogP contribution in [-0.2, 0) is 13.5 Å². The first-order valence-corrected chi connectivity index (χ1v) is 6.54. The van der Waals surface area contributed by atoms with Gasteiger partial charge in [0, 0.05) is 33.4 Å². The monoisotopic (exact) mass is 251 g/mol. The van der Waals surface area contributed by atoms with Crippen LogP contribution >= 0.6 is 0 Å². The summed E-state index contributed by atoms with van der Waals surface area (Å²) in [7, 11) is 3.75. The van der Waals surface area contributed by atoms with E-state index in [0.717, 1.165) is 31.9 Å². The van der Waals surface area contributed by atoms with Crippen LogP contribution in [0.5, 0.6) is 0 Å². The predicted molar refractivity (Wildman–Crippen MR) is 75.7 cm³/mol. The average molecular weight is 251 g/mol. The SMILES string of the molecule is CN=C(NCCCc1cnn(C)c1)NCC(C)C. The Labute approximate surface area is 110 Å². The second-order valence-electron chi connectivity index (χ2n) is 4.90. The lowest BCUT2D eigenvalue weighted by molar-refractivity contribution is 0.612. The van der Waals surface area contributed by atoms with Crippen LogP contribution in [0.4, 0.5) is 0 Å². The molecule has 0 radical (unpaired) electrons. The summed E-state index contributed by atoms with van der Waals surface area (Å²) < 4.78 is 1.84. The van der Waals surface area contributed by atoms with Crippen LogP contribution in [0.25, 0.3) is 0 Å². The molecule has 0 aromatic carbocycles. The zero-order valence-electron chi connectivity index (χ0n) is 11.9. The maximum Gasteiger partial charge on any atom is 0.190 e. The molecule has 5 nitrogen and oxygen atoms in total. The van der Waals surface area contributed by atoms with Crippen LogP contribution < -0.4 is 10.6 Å². The minimum absolute atomic E-state index is 0.624. The molecule has 0 aliphatic heterocycles. The first-order chi connectivity index (χ1) is 8.61. The Balaban J connectivity index is 2.16. The number of aliphatic imine (C=N–C) groups is 1. The second kappa shape index (κ2) is 7.74. The van der Waals surface area contributed by atoms with Crippen molar-refractivity contribution in [2.75, 3.05) is 20.1 Å². The van der Waals surface area contributed by atoms with E-state index in [0.29, 0.717) is 5.92 Å². The minimum atomic E-state index is 0.624. The number of nitrogens with zero attached hydrogens (tertiary/aromatic N) is 3. The molecule has 0 saturated heterocycles. The normalized spacial score (nSPS) is 11.9. The van der Waals surface area contributed by atoms with Gasteiger partial charge in [0.2, 0.25) is 0 Å². The van der Waals surface area contributed by atoms with Gasteiger partial charge in [0.15, 0.2) is 5.96 Å². The molecule has 1 rings (SSSR count). The summed E-state index contributed by atoms with van der Waals surface area (Å²) in [4.78, 5) is 4.19. The summed E-state index contributed by atoms with van der Waals surface area (Å²) in [6, 6.07) is 0. The summed E-state index contributed by atoms with van der Waals surface area (Å²) in [5.74, 6) is 1.51. The largest absolute Gasteiger partial charge is 0.356 e. The van der Waals surface area contributed by atoms with Crippen molar-refractivity contribution in [3.63, 3.8) is 0 Å². The molecular formula is C13H25N5. The molecule has 0 bridgehead atoms. The number of nitrogens with one attached hydrogen (secondary N) is 2. The molecule has 2 N–H and O–H groups in total. The number of hydrogen-bond donors (Lipinski definition) is 2. The molecule has 18 heavy (non-hydrogen) atoms. The average Bonchev–Trinajstić information content (AvgIpc) is 2.74. The highest BCUT2D eigenvalue weighted by molar-refractivity contribution is 5.79. The lowest BCUT2D eigenvalue weighted by Crippen LogP contribution is -2.39. The van der Waals surface area contributed by atoms with Crippen molar-refractivity contribution in [2.24, 2.45) is 18.0 Å². The third-order valence-electron chi connectivity index (χ3n) is 2.59. The standard InChI is InChI=1S/C13H25N5/c1-11(2)8-16-13(14-3)15-7-5-6-12-9-17-18(4)10-12/h9-11H,5-8H2,1-4H3,(H2,14,15,16). The van der Waals surface area contributed by atoms with Gasteiger partial charge in [0.05, 0.1) is 6.20 Å². The third-order valence-corrected chi connectivity index (χ3v) is 2.59. The quantitative estimate of drug-likeness (QED) is 0.453. The Morgan fingerprint density at radius 2 is 2.22 bits per heavy atom. The van der Waals surface area contributed by atoms with Crippen molar-refractivity contribution >= 4 is 5.96 Å². The Bertz CT molecular complexity index is 367. The van der Waals surface area contributed by atoms with Crippen LogP contribution in [0.3, 0.4) is 0 Å². The van der Waals surface area contributed by atoms with Gasteiger partial charge in [-0.3, -0.25) is 9.67 Å². The van der Waals surface area contributed by atoms with Gasteiger partial charge < -0.3 is 10.6 Å². The maximum absolute atomic E-state index is 4.19. The van der Waals surface area contributed by atoms with E-state index >= 15 is 0 Å². The van der Waals surface area contributed by atoms with Crippen molar-refractivity contribution < 1.29 is 0 Å². The number of hydrogen-bond acceptors (Lipinski definition) is 2. The molecule has 0 spiro atoms. The van der Waals surface area contributed by atoms with E-state index in [1.54, 1.807) is 7.05 Å². The van der Waals surface area contributed by atoms with Crippen LogP contribution in [0, 0.1) is 5.92 Å². The number of aryl methyl sites for hydroxylation is 2. The zero-order chi connectivity index (χ0) is 13.4. The molecule has 102 valence electrons. The van der Waals surface area contributed by atoms with Crippen LogP contribution in [-0.4, -0.2) is 35.9 Å². The lowest BCUT2D eigenvalue weighted by Gasteiger charge is -2.13. The van der Waals surface area contributed by atoms with Gasteiger partial charge in [0.25, 0.3) is 0 Å². The molecule has 0 aliphatic carbocycles. The van der Waals surface area contributed by atoms with Crippen molar-refractivity contribution in [3.8, 4) is 0 Å². The van der Waals surface area contributed by atoms with Gasteiger partial charge in [-0.1, -0.05) is 13.8 Å². The van der Waals surface area contributed by atoms with E-state index < -0.39 is 0 Å². The molecule has 1 aromatic rings. The van der Waals surface area contributed by atoms with Gasteiger partial charge in [-0.25, -0.2) is 0 Å². The van der Waals surface area contributed by atoms with E-state index in [2.05, 4.69) is 40.8 Å². The summed E-state index contributed by atoms with van der Waals surface area (Å²) in [6.07, 6.45) is 6.10. The highest BCUT2D eigenvalue weighted by Gasteiger charge is 1.99. The van der Waals surface area contributed by atoms with Gasteiger partial charge in [-0.2, -0.15) is 5.10 Å². The van der Waals surface area contributed by atoms with Crippen LogP contribution in [0.15, 0.2) is 17.4 Å². The lowest BCUT2D eigenvalue weighted by atomic mass is 10.2. The van der Waals surface area contributed by atoms with E-state index in [1.165, 1.54) is 5.56 Å². The number of guanidine groups is 1. The molecule has 1 heterocycles.